The van der Waals surface area contributed by atoms with Crippen molar-refractivity contribution in [1.82, 2.24) is 10.2 Å². The van der Waals surface area contributed by atoms with Gasteiger partial charge < -0.3 is 48.5 Å². The van der Waals surface area contributed by atoms with Gasteiger partial charge in [-0.1, -0.05) is 95.8 Å². The summed E-state index contributed by atoms with van der Waals surface area (Å²) in [5.41, 5.74) is -1.48. The summed E-state index contributed by atoms with van der Waals surface area (Å²) in [4.78, 5) is 79.3. The second kappa shape index (κ2) is 47.4. The summed E-state index contributed by atoms with van der Waals surface area (Å²) < 4.78 is 39.0. The zero-order valence-corrected chi connectivity index (χ0v) is 45.5. The van der Waals surface area contributed by atoms with E-state index in [1.54, 1.807) is 0 Å². The lowest BCUT2D eigenvalue weighted by atomic mass is 9.92. The van der Waals surface area contributed by atoms with Crippen LogP contribution in [0.25, 0.3) is 0 Å². The zero-order chi connectivity index (χ0) is 53.3. The van der Waals surface area contributed by atoms with Gasteiger partial charge in [0.2, 0.25) is 0 Å². The molecule has 1 fully saturated rings. The van der Waals surface area contributed by atoms with E-state index in [0.717, 1.165) is 77.3 Å². The van der Waals surface area contributed by atoms with E-state index in [-0.39, 0.29) is 44.0 Å². The van der Waals surface area contributed by atoms with Crippen LogP contribution in [0.2, 0.25) is 0 Å². The molecule has 0 aromatic carbocycles. The second-order valence-electron chi connectivity index (χ2n) is 19.2. The summed E-state index contributed by atoms with van der Waals surface area (Å²) in [6, 6.07) is 0. The molecule has 0 saturated carbocycles. The molecule has 0 spiro atoms. The summed E-state index contributed by atoms with van der Waals surface area (Å²) in [6.07, 6.45) is 31.5. The Kier molecular flexibility index (Phi) is 43.4. The summed E-state index contributed by atoms with van der Waals surface area (Å²) in [6.45, 7) is 8.70. The highest BCUT2D eigenvalue weighted by atomic mass is 16.6. The molecule has 1 unspecified atom stereocenters. The van der Waals surface area contributed by atoms with Gasteiger partial charge in [-0.25, -0.2) is 4.79 Å². The first-order valence-corrected chi connectivity index (χ1v) is 28.2. The predicted molar refractivity (Wildman–Crippen MR) is 283 cm³/mol. The van der Waals surface area contributed by atoms with Crippen LogP contribution in [0.15, 0.2) is 36.5 Å². The van der Waals surface area contributed by atoms with E-state index in [0.29, 0.717) is 97.1 Å². The molecule has 1 aliphatic rings. The van der Waals surface area contributed by atoms with E-state index in [9.17, 15) is 33.9 Å². The molecule has 1 heterocycles. The van der Waals surface area contributed by atoms with Gasteiger partial charge in [-0.2, -0.15) is 0 Å². The molecule has 0 bridgehead atoms. The fourth-order valence-electron chi connectivity index (χ4n) is 7.65. The van der Waals surface area contributed by atoms with Crippen molar-refractivity contribution in [2.45, 2.75) is 213 Å². The van der Waals surface area contributed by atoms with Crippen LogP contribution in [-0.4, -0.2) is 125 Å². The minimum atomic E-state index is -1.48. The summed E-state index contributed by atoms with van der Waals surface area (Å²) in [5, 5.41) is 13.1. The van der Waals surface area contributed by atoms with Gasteiger partial charge in [-0.05, 0) is 129 Å². The third-order valence-electron chi connectivity index (χ3n) is 12.2. The highest BCUT2D eigenvalue weighted by molar-refractivity contribution is 5.72. The topological polar surface area (TPSA) is 203 Å². The van der Waals surface area contributed by atoms with Crippen LogP contribution in [0, 0.1) is 5.41 Å². The van der Waals surface area contributed by atoms with E-state index >= 15 is 0 Å². The number of aliphatic hydroxyl groups is 1. The van der Waals surface area contributed by atoms with Gasteiger partial charge in [0, 0.05) is 45.2 Å². The molecule has 420 valence electrons. The first-order valence-electron chi connectivity index (χ1n) is 28.2. The number of unbranched alkanes of at least 4 members (excludes halogenated alkanes) is 12. The third-order valence-corrected chi connectivity index (χ3v) is 12.2. The molecule has 1 saturated heterocycles. The molecular weight excluding hydrogens is 937 g/mol. The van der Waals surface area contributed by atoms with Crippen LogP contribution in [-0.2, 0) is 57.1 Å². The number of rotatable bonds is 48. The van der Waals surface area contributed by atoms with Crippen LogP contribution in [0.1, 0.15) is 207 Å². The van der Waals surface area contributed by atoms with Gasteiger partial charge in [-0.15, -0.1) is 0 Å². The monoisotopic (exact) mass is 1030 g/mol. The standard InChI is InChI=1S/C57H98N2O14/c1-4-7-10-13-16-19-30-43-67-50(60)33-22-25-36-53(63)70-46-57(49-73-56(66)58-39-42-59-40-28-29-41-59,47-71-54(64)37-26-23-34-51(61)68-44-31-20-17-14-11-8-5-2)48-72-55(65)38-27-24-35-52(62)69-45-32-21-18-15-12-9-6-3/h16-21,50,60H,4-15,22-49H2,1-3H3,(H,58,66)/b19-16-,20-17-,21-18-. The highest BCUT2D eigenvalue weighted by Crippen LogP contribution is 2.23. The van der Waals surface area contributed by atoms with Crippen LogP contribution >= 0.6 is 0 Å². The minimum absolute atomic E-state index is 0.0110. The molecule has 1 atom stereocenters. The van der Waals surface area contributed by atoms with Crippen molar-refractivity contribution in [2.24, 2.45) is 5.41 Å². The second-order valence-corrected chi connectivity index (χ2v) is 19.2. The maximum atomic E-state index is 13.2. The predicted octanol–water partition coefficient (Wildman–Crippen LogP) is 11.1. The van der Waals surface area contributed by atoms with Crippen LogP contribution in [0.5, 0.6) is 0 Å². The van der Waals surface area contributed by atoms with Crippen molar-refractivity contribution >= 4 is 35.9 Å². The first-order chi connectivity index (χ1) is 35.5. The average Bonchev–Trinajstić information content (AvgIpc) is 3.91. The zero-order valence-electron chi connectivity index (χ0n) is 45.5. The van der Waals surface area contributed by atoms with Crippen LogP contribution in [0.3, 0.4) is 0 Å². The van der Waals surface area contributed by atoms with Crippen molar-refractivity contribution < 1.29 is 67.0 Å². The number of allylic oxidation sites excluding steroid dienone is 3. The number of amides is 1. The van der Waals surface area contributed by atoms with Crippen molar-refractivity contribution in [2.75, 3.05) is 72.4 Å². The number of carbonyl (C=O) groups is 6. The molecular formula is C57H98N2O14. The number of aliphatic hydroxyl groups excluding tert-OH is 1. The maximum Gasteiger partial charge on any atom is 0.407 e. The molecule has 16 nitrogen and oxygen atoms in total. The first kappa shape index (κ1) is 66.7. The molecule has 1 rings (SSSR count). The smallest absolute Gasteiger partial charge is 0.407 e. The molecule has 16 heteroatoms. The quantitative estimate of drug-likeness (QED) is 0.0191. The minimum Gasteiger partial charge on any atom is -0.465 e. The lowest BCUT2D eigenvalue weighted by Gasteiger charge is -2.31. The van der Waals surface area contributed by atoms with E-state index in [4.69, 9.17) is 33.2 Å². The number of nitrogens with one attached hydrogen (secondary N) is 1. The largest absolute Gasteiger partial charge is 0.465 e. The number of esters is 5. The number of carbonyl (C=O) groups excluding carboxylic acids is 6. The number of nitrogens with zero attached hydrogens (tertiary/aromatic N) is 1. The van der Waals surface area contributed by atoms with Crippen molar-refractivity contribution in [3.8, 4) is 0 Å². The van der Waals surface area contributed by atoms with Gasteiger partial charge in [0.25, 0.3) is 0 Å². The fourth-order valence-corrected chi connectivity index (χ4v) is 7.65. The van der Waals surface area contributed by atoms with E-state index in [2.05, 4.69) is 55.3 Å². The lowest BCUT2D eigenvalue weighted by molar-refractivity contribution is -0.166. The van der Waals surface area contributed by atoms with Gasteiger partial charge in [0.05, 0.1) is 19.8 Å². The van der Waals surface area contributed by atoms with E-state index < -0.39 is 62.1 Å². The summed E-state index contributed by atoms with van der Waals surface area (Å²) in [5.74, 6) is -2.47. The Hall–Kier alpha value is -4.28. The Bertz CT molecular complexity index is 1470. The molecule has 2 N–H and O–H groups in total. The maximum absolute atomic E-state index is 13.2. The molecule has 0 radical (unpaired) electrons. The van der Waals surface area contributed by atoms with Crippen molar-refractivity contribution in [1.29, 1.82) is 0 Å². The number of alkyl carbamates (subject to hydrolysis) is 1. The molecule has 0 aromatic rings. The molecule has 1 amide bonds. The van der Waals surface area contributed by atoms with Crippen LogP contribution < -0.4 is 5.32 Å². The number of hydrogen-bond acceptors (Lipinski definition) is 15. The van der Waals surface area contributed by atoms with E-state index in [1.807, 2.05) is 12.2 Å². The van der Waals surface area contributed by atoms with Gasteiger partial charge >= 0.3 is 35.9 Å². The Morgan fingerprint density at radius 3 is 1.27 bits per heavy atom. The van der Waals surface area contributed by atoms with E-state index in [1.165, 1.54) is 25.7 Å². The number of ether oxygens (including phenoxy) is 7. The molecule has 0 aromatic heterocycles. The summed E-state index contributed by atoms with van der Waals surface area (Å²) in [7, 11) is 0. The fraction of sp³-hybridized carbons (Fsp3) is 0.789. The Morgan fingerprint density at radius 1 is 0.479 bits per heavy atom. The highest BCUT2D eigenvalue weighted by Gasteiger charge is 2.38. The molecule has 73 heavy (non-hydrogen) atoms. The molecule has 1 aliphatic heterocycles. The van der Waals surface area contributed by atoms with Gasteiger partial charge in [-0.3, -0.25) is 24.0 Å². The summed E-state index contributed by atoms with van der Waals surface area (Å²) >= 11 is 0. The lowest BCUT2D eigenvalue weighted by Crippen LogP contribution is -2.45. The van der Waals surface area contributed by atoms with Gasteiger partial charge in [0.1, 0.15) is 31.8 Å². The average molecular weight is 1040 g/mol. The van der Waals surface area contributed by atoms with Crippen LogP contribution in [0.4, 0.5) is 4.79 Å². The Labute approximate surface area is 439 Å². The normalized spacial score (nSPS) is 13.4. The Morgan fingerprint density at radius 2 is 0.849 bits per heavy atom. The Balaban J connectivity index is 2.90. The third kappa shape index (κ3) is 41.7. The van der Waals surface area contributed by atoms with Gasteiger partial charge in [0.15, 0.2) is 6.29 Å². The van der Waals surface area contributed by atoms with Crippen molar-refractivity contribution in [3.63, 3.8) is 0 Å². The SMILES string of the molecule is CCCCC/C=C\CCOC(=O)CCCCC(=O)OCC(COC(=O)CCCCC(=O)OCC/C=C\CCCCC)(COC(=O)CCCCC(O)OCC/C=C\CCCCC)COC(=O)NCCN1CCCC1. The number of hydrogen-bond donors (Lipinski definition) is 2. The number of likely N-dealkylation sites (tertiary alicyclic amines) is 1. The molecule has 0 aliphatic carbocycles. The van der Waals surface area contributed by atoms with Crippen molar-refractivity contribution in [3.05, 3.63) is 36.5 Å².